The van der Waals surface area contributed by atoms with Crippen molar-refractivity contribution in [3.8, 4) is 0 Å². The largest absolute Gasteiger partial charge is 0.384 e. The van der Waals surface area contributed by atoms with Crippen molar-refractivity contribution < 1.29 is 0 Å². The van der Waals surface area contributed by atoms with E-state index in [0.29, 0.717) is 0 Å². The molecule has 15 heavy (non-hydrogen) atoms. The first-order valence-electron chi connectivity index (χ1n) is 5.60. The molecule has 0 aliphatic heterocycles. The van der Waals surface area contributed by atoms with E-state index in [1.807, 2.05) is 17.8 Å². The third-order valence-corrected chi connectivity index (χ3v) is 4.03. The van der Waals surface area contributed by atoms with Gasteiger partial charge in [0.05, 0.1) is 0 Å². The van der Waals surface area contributed by atoms with E-state index in [4.69, 9.17) is 0 Å². The zero-order valence-electron chi connectivity index (χ0n) is 9.86. The van der Waals surface area contributed by atoms with Crippen LogP contribution >= 0.6 is 11.8 Å². The van der Waals surface area contributed by atoms with Gasteiger partial charge in [0.25, 0.3) is 0 Å². The summed E-state index contributed by atoms with van der Waals surface area (Å²) in [6.45, 7) is 7.91. The zero-order chi connectivity index (χ0) is 11.1. The highest BCUT2D eigenvalue weighted by atomic mass is 32.2. The predicted octanol–water partition coefficient (Wildman–Crippen LogP) is 3.88. The first-order valence-corrected chi connectivity index (χ1v) is 6.65. The topological polar surface area (TPSA) is 12.0 Å². The van der Waals surface area contributed by atoms with Crippen LogP contribution in [0.5, 0.6) is 0 Å². The van der Waals surface area contributed by atoms with Crippen LogP contribution in [0.1, 0.15) is 20.8 Å². The van der Waals surface area contributed by atoms with E-state index < -0.39 is 0 Å². The molecule has 1 aromatic rings. The van der Waals surface area contributed by atoms with Crippen molar-refractivity contribution in [2.45, 2.75) is 26.0 Å². The molecule has 1 aromatic carbocycles. The van der Waals surface area contributed by atoms with Crippen molar-refractivity contribution in [2.75, 3.05) is 17.6 Å². The Morgan fingerprint density at radius 3 is 2.40 bits per heavy atom. The van der Waals surface area contributed by atoms with Gasteiger partial charge in [-0.3, -0.25) is 0 Å². The van der Waals surface area contributed by atoms with Gasteiger partial charge in [0.1, 0.15) is 0 Å². The molecule has 0 radical (unpaired) electrons. The minimum atomic E-state index is 0.752. The summed E-state index contributed by atoms with van der Waals surface area (Å²) in [5, 5.41) is 4.17. The average Bonchev–Trinajstić information content (AvgIpc) is 2.25. The molecule has 0 aliphatic carbocycles. The molecular formula is C13H21NS. The minimum Gasteiger partial charge on any atom is -0.384 e. The highest BCUT2D eigenvalue weighted by Gasteiger charge is 2.06. The molecule has 84 valence electrons. The summed E-state index contributed by atoms with van der Waals surface area (Å²) in [5.41, 5.74) is 1.22. The molecule has 0 spiro atoms. The highest BCUT2D eigenvalue weighted by molar-refractivity contribution is 7.99. The van der Waals surface area contributed by atoms with Crippen molar-refractivity contribution in [1.29, 1.82) is 0 Å². The summed E-state index contributed by atoms with van der Waals surface area (Å²) in [4.78, 5) is 0. The predicted molar refractivity (Wildman–Crippen MR) is 71.7 cm³/mol. The van der Waals surface area contributed by atoms with Crippen molar-refractivity contribution in [3.05, 3.63) is 30.3 Å². The summed E-state index contributed by atoms with van der Waals surface area (Å²) < 4.78 is 0. The lowest BCUT2D eigenvalue weighted by Crippen LogP contribution is -2.10. The molecule has 1 N–H and O–H groups in total. The third kappa shape index (κ3) is 5.12. The van der Waals surface area contributed by atoms with Gasteiger partial charge >= 0.3 is 0 Å². The van der Waals surface area contributed by atoms with Gasteiger partial charge in [0.2, 0.25) is 0 Å². The van der Waals surface area contributed by atoms with E-state index in [2.05, 4.69) is 50.4 Å². The maximum Gasteiger partial charge on any atom is 0.0340 e. The third-order valence-electron chi connectivity index (χ3n) is 2.52. The number of hydrogen-bond acceptors (Lipinski definition) is 2. The quantitative estimate of drug-likeness (QED) is 0.735. The van der Waals surface area contributed by atoms with Crippen LogP contribution < -0.4 is 5.32 Å². The summed E-state index contributed by atoms with van der Waals surface area (Å²) in [6.07, 6.45) is 0. The van der Waals surface area contributed by atoms with Crippen LogP contribution in [-0.4, -0.2) is 17.5 Å². The number of hydrogen-bond donors (Lipinski definition) is 1. The molecule has 0 saturated carbocycles. The molecule has 0 heterocycles. The second kappa shape index (κ2) is 6.78. The molecule has 1 rings (SSSR count). The van der Waals surface area contributed by atoms with Gasteiger partial charge in [-0.2, -0.15) is 11.8 Å². The Hall–Kier alpha value is -0.630. The Morgan fingerprint density at radius 2 is 1.80 bits per heavy atom. The molecule has 0 amide bonds. The molecule has 0 bridgehead atoms. The fourth-order valence-electron chi connectivity index (χ4n) is 1.19. The van der Waals surface area contributed by atoms with E-state index in [1.54, 1.807) is 0 Å². The van der Waals surface area contributed by atoms with Crippen LogP contribution in [0.25, 0.3) is 0 Å². The monoisotopic (exact) mass is 223 g/mol. The van der Waals surface area contributed by atoms with Crippen molar-refractivity contribution >= 4 is 17.4 Å². The van der Waals surface area contributed by atoms with Crippen molar-refractivity contribution in [3.63, 3.8) is 0 Å². The summed E-state index contributed by atoms with van der Waals surface area (Å²) in [7, 11) is 0. The van der Waals surface area contributed by atoms with Crippen LogP contribution in [0.15, 0.2) is 30.3 Å². The van der Waals surface area contributed by atoms with Gasteiger partial charge in [0, 0.05) is 23.2 Å². The lowest BCUT2D eigenvalue weighted by atomic mass is 10.2. The Bertz CT molecular complexity index is 258. The Kier molecular flexibility index (Phi) is 5.62. The smallest absolute Gasteiger partial charge is 0.0340 e. The Morgan fingerprint density at radius 1 is 1.13 bits per heavy atom. The van der Waals surface area contributed by atoms with E-state index in [-0.39, 0.29) is 0 Å². The van der Waals surface area contributed by atoms with E-state index in [9.17, 15) is 0 Å². The Balaban J connectivity index is 2.12. The normalized spacial score (nSPS) is 12.8. The number of anilines is 1. The first kappa shape index (κ1) is 12.4. The molecule has 1 unspecified atom stereocenters. The molecular weight excluding hydrogens is 202 g/mol. The maximum atomic E-state index is 3.42. The standard InChI is InChI=1S/C13H21NS/c1-11(2)12(3)15-10-9-14-13-7-5-4-6-8-13/h4-8,11-12,14H,9-10H2,1-3H3. The molecule has 0 aliphatic rings. The SMILES string of the molecule is CC(C)C(C)SCCNc1ccccc1. The zero-order valence-corrected chi connectivity index (χ0v) is 10.7. The fraction of sp³-hybridized carbons (Fsp3) is 0.538. The van der Waals surface area contributed by atoms with Gasteiger partial charge < -0.3 is 5.32 Å². The van der Waals surface area contributed by atoms with Crippen molar-refractivity contribution in [1.82, 2.24) is 0 Å². The molecule has 2 heteroatoms. The van der Waals surface area contributed by atoms with Crippen LogP contribution in [0, 0.1) is 5.92 Å². The van der Waals surface area contributed by atoms with Gasteiger partial charge in [0.15, 0.2) is 0 Å². The molecule has 1 atom stereocenters. The van der Waals surface area contributed by atoms with Gasteiger partial charge in [-0.25, -0.2) is 0 Å². The van der Waals surface area contributed by atoms with Gasteiger partial charge in [-0.1, -0.05) is 39.0 Å². The average molecular weight is 223 g/mol. The Labute approximate surface area is 97.7 Å². The summed E-state index contributed by atoms with van der Waals surface area (Å²) in [6, 6.07) is 10.4. The second-order valence-corrected chi connectivity index (χ2v) is 5.60. The van der Waals surface area contributed by atoms with E-state index in [0.717, 1.165) is 17.7 Å². The lowest BCUT2D eigenvalue weighted by molar-refractivity contribution is 0.642. The molecule has 0 aromatic heterocycles. The number of rotatable bonds is 6. The van der Waals surface area contributed by atoms with Crippen LogP contribution in [0.3, 0.4) is 0 Å². The molecule has 1 nitrogen and oxygen atoms in total. The lowest BCUT2D eigenvalue weighted by Gasteiger charge is -2.15. The fourth-order valence-corrected chi connectivity index (χ4v) is 2.17. The van der Waals surface area contributed by atoms with Crippen LogP contribution in [0.2, 0.25) is 0 Å². The number of para-hydroxylation sites is 1. The number of thioether (sulfide) groups is 1. The van der Waals surface area contributed by atoms with Gasteiger partial charge in [-0.15, -0.1) is 0 Å². The van der Waals surface area contributed by atoms with Gasteiger partial charge in [-0.05, 0) is 18.1 Å². The number of nitrogens with one attached hydrogen (secondary N) is 1. The number of benzene rings is 1. The summed E-state index contributed by atoms with van der Waals surface area (Å²) in [5.74, 6) is 1.94. The maximum absolute atomic E-state index is 3.42. The van der Waals surface area contributed by atoms with E-state index >= 15 is 0 Å². The first-order chi connectivity index (χ1) is 7.20. The van der Waals surface area contributed by atoms with Crippen LogP contribution in [-0.2, 0) is 0 Å². The summed E-state index contributed by atoms with van der Waals surface area (Å²) >= 11 is 2.04. The van der Waals surface area contributed by atoms with Crippen molar-refractivity contribution in [2.24, 2.45) is 5.92 Å². The van der Waals surface area contributed by atoms with Crippen LogP contribution in [0.4, 0.5) is 5.69 Å². The minimum absolute atomic E-state index is 0.752. The molecule has 0 saturated heterocycles. The highest BCUT2D eigenvalue weighted by Crippen LogP contribution is 2.18. The second-order valence-electron chi connectivity index (χ2n) is 4.11. The van der Waals surface area contributed by atoms with E-state index in [1.165, 1.54) is 11.4 Å². The molecule has 0 fully saturated rings.